The van der Waals surface area contributed by atoms with Crippen LogP contribution in [0.4, 0.5) is 0 Å². The van der Waals surface area contributed by atoms with Crippen molar-refractivity contribution in [2.45, 2.75) is 20.3 Å². The van der Waals surface area contributed by atoms with Gasteiger partial charge in [-0.3, -0.25) is 4.99 Å². The lowest BCUT2D eigenvalue weighted by molar-refractivity contribution is 0.114. The molecule has 6 heteroatoms. The quantitative estimate of drug-likeness (QED) is 0.334. The highest BCUT2D eigenvalue weighted by atomic mass is 35.5. The summed E-state index contributed by atoms with van der Waals surface area (Å²) in [5.74, 6) is 1.35. The first-order valence-electron chi connectivity index (χ1n) is 7.24. The van der Waals surface area contributed by atoms with Crippen molar-refractivity contribution < 1.29 is 4.74 Å². The maximum atomic E-state index is 5.75. The van der Waals surface area contributed by atoms with Crippen LogP contribution in [0.5, 0.6) is 0 Å². The van der Waals surface area contributed by atoms with Gasteiger partial charge in [0.2, 0.25) is 0 Å². The molecule has 0 aliphatic heterocycles. The first-order chi connectivity index (χ1) is 10.1. The van der Waals surface area contributed by atoms with Crippen molar-refractivity contribution in [3.63, 3.8) is 0 Å². The molecular formula is C15H25ClN4O. The van der Waals surface area contributed by atoms with Gasteiger partial charge in [0, 0.05) is 32.9 Å². The largest absolute Gasteiger partial charge is 0.379 e. The fraction of sp³-hybridized carbons (Fsp3) is 0.600. The summed E-state index contributed by atoms with van der Waals surface area (Å²) >= 11 is 5.75. The Morgan fingerprint density at radius 3 is 2.71 bits per heavy atom. The van der Waals surface area contributed by atoms with Gasteiger partial charge in [-0.2, -0.15) is 0 Å². The lowest BCUT2D eigenvalue weighted by Crippen LogP contribution is -2.39. The van der Waals surface area contributed by atoms with Gasteiger partial charge in [-0.1, -0.05) is 31.5 Å². The van der Waals surface area contributed by atoms with Gasteiger partial charge in [0.15, 0.2) is 5.96 Å². The van der Waals surface area contributed by atoms with Crippen LogP contribution in [0.3, 0.4) is 0 Å². The number of nitrogens with zero attached hydrogens (tertiary/aromatic N) is 2. The zero-order valence-corrected chi connectivity index (χ0v) is 13.8. The van der Waals surface area contributed by atoms with E-state index >= 15 is 0 Å². The molecule has 0 saturated carbocycles. The first-order valence-corrected chi connectivity index (χ1v) is 7.62. The highest BCUT2D eigenvalue weighted by Crippen LogP contribution is 2.05. The Hall–Kier alpha value is -1.33. The number of guanidine groups is 1. The van der Waals surface area contributed by atoms with Crippen LogP contribution in [-0.2, 0) is 11.2 Å². The Kier molecular flexibility index (Phi) is 8.78. The van der Waals surface area contributed by atoms with Gasteiger partial charge in [-0.15, -0.1) is 0 Å². The van der Waals surface area contributed by atoms with Gasteiger partial charge in [-0.05, 0) is 24.0 Å². The van der Waals surface area contributed by atoms with E-state index in [0.717, 1.165) is 37.6 Å². The van der Waals surface area contributed by atoms with Crippen molar-refractivity contribution in [2.24, 2.45) is 10.9 Å². The fourth-order valence-electron chi connectivity index (χ4n) is 1.66. The minimum absolute atomic E-state index is 0.519. The van der Waals surface area contributed by atoms with Gasteiger partial charge in [-0.25, -0.2) is 4.98 Å². The third kappa shape index (κ3) is 8.52. The predicted molar refractivity (Wildman–Crippen MR) is 88.0 cm³/mol. The number of ether oxygens (including phenoxy) is 1. The molecule has 0 aliphatic carbocycles. The molecule has 0 unspecified atom stereocenters. The van der Waals surface area contributed by atoms with E-state index in [1.807, 2.05) is 6.07 Å². The average Bonchev–Trinajstić information content (AvgIpc) is 2.46. The fourth-order valence-corrected chi connectivity index (χ4v) is 1.77. The summed E-state index contributed by atoms with van der Waals surface area (Å²) in [6.07, 6.45) is 2.66. The smallest absolute Gasteiger partial charge is 0.191 e. The second-order valence-corrected chi connectivity index (χ2v) is 5.52. The van der Waals surface area contributed by atoms with Crippen LogP contribution < -0.4 is 10.6 Å². The lowest BCUT2D eigenvalue weighted by Gasteiger charge is -2.12. The van der Waals surface area contributed by atoms with Crippen molar-refractivity contribution in [2.75, 3.05) is 33.4 Å². The van der Waals surface area contributed by atoms with E-state index in [4.69, 9.17) is 16.3 Å². The maximum Gasteiger partial charge on any atom is 0.191 e. The third-order valence-electron chi connectivity index (χ3n) is 2.71. The van der Waals surface area contributed by atoms with Crippen LogP contribution in [0, 0.1) is 5.92 Å². The SMILES string of the molecule is CN=C(NCCOCC(C)C)NCCc1ccc(Cl)nc1. The molecule has 0 fully saturated rings. The molecule has 0 bridgehead atoms. The third-order valence-corrected chi connectivity index (χ3v) is 2.93. The Morgan fingerprint density at radius 1 is 1.33 bits per heavy atom. The molecule has 118 valence electrons. The van der Waals surface area contributed by atoms with Crippen LogP contribution in [0.2, 0.25) is 5.15 Å². The minimum Gasteiger partial charge on any atom is -0.379 e. The van der Waals surface area contributed by atoms with Crippen molar-refractivity contribution in [1.82, 2.24) is 15.6 Å². The topological polar surface area (TPSA) is 58.5 Å². The summed E-state index contributed by atoms with van der Waals surface area (Å²) in [7, 11) is 1.76. The van der Waals surface area contributed by atoms with Crippen molar-refractivity contribution in [3.05, 3.63) is 29.0 Å². The van der Waals surface area contributed by atoms with Gasteiger partial charge in [0.05, 0.1) is 6.61 Å². The minimum atomic E-state index is 0.519. The second kappa shape index (κ2) is 10.4. The molecule has 1 aromatic rings. The number of aromatic nitrogens is 1. The molecular weight excluding hydrogens is 288 g/mol. The number of halogens is 1. The molecule has 21 heavy (non-hydrogen) atoms. The number of rotatable bonds is 8. The molecule has 2 N–H and O–H groups in total. The molecule has 0 spiro atoms. The summed E-state index contributed by atoms with van der Waals surface area (Å²) in [6, 6.07) is 3.78. The maximum absolute atomic E-state index is 5.75. The van der Waals surface area contributed by atoms with Gasteiger partial charge in [0.25, 0.3) is 0 Å². The zero-order chi connectivity index (χ0) is 15.5. The van der Waals surface area contributed by atoms with E-state index in [1.54, 1.807) is 19.3 Å². The number of pyridine rings is 1. The van der Waals surface area contributed by atoms with Crippen molar-refractivity contribution in [3.8, 4) is 0 Å². The van der Waals surface area contributed by atoms with Crippen molar-refractivity contribution in [1.29, 1.82) is 0 Å². The Morgan fingerprint density at radius 2 is 2.10 bits per heavy atom. The molecule has 1 heterocycles. The molecule has 5 nitrogen and oxygen atoms in total. The van der Waals surface area contributed by atoms with E-state index in [0.29, 0.717) is 17.7 Å². The highest BCUT2D eigenvalue weighted by Gasteiger charge is 1.99. The molecule has 1 rings (SSSR count). The molecule has 0 amide bonds. The zero-order valence-electron chi connectivity index (χ0n) is 13.0. The van der Waals surface area contributed by atoms with Crippen LogP contribution in [0.25, 0.3) is 0 Å². The van der Waals surface area contributed by atoms with Gasteiger partial charge >= 0.3 is 0 Å². The van der Waals surface area contributed by atoms with Crippen LogP contribution in [0.15, 0.2) is 23.3 Å². The van der Waals surface area contributed by atoms with Crippen LogP contribution >= 0.6 is 11.6 Å². The number of aliphatic imine (C=N–C) groups is 1. The van der Waals surface area contributed by atoms with E-state index in [-0.39, 0.29) is 0 Å². The molecule has 0 saturated heterocycles. The van der Waals surface area contributed by atoms with E-state index in [9.17, 15) is 0 Å². The predicted octanol–water partition coefficient (Wildman–Crippen LogP) is 2.12. The second-order valence-electron chi connectivity index (χ2n) is 5.13. The van der Waals surface area contributed by atoms with Crippen LogP contribution in [0.1, 0.15) is 19.4 Å². The standard InChI is InChI=1S/C15H25ClN4O/c1-12(2)11-21-9-8-19-15(17-3)18-7-6-13-4-5-14(16)20-10-13/h4-5,10,12H,6-9,11H2,1-3H3,(H2,17,18,19). The normalized spacial score (nSPS) is 11.8. The summed E-state index contributed by atoms with van der Waals surface area (Å²) in [6.45, 7) is 7.28. The molecule has 1 aromatic heterocycles. The summed E-state index contributed by atoms with van der Waals surface area (Å²) < 4.78 is 5.51. The van der Waals surface area contributed by atoms with Crippen molar-refractivity contribution >= 4 is 17.6 Å². The summed E-state index contributed by atoms with van der Waals surface area (Å²) in [5, 5.41) is 6.99. The average molecular weight is 313 g/mol. The molecule has 0 aromatic carbocycles. The van der Waals surface area contributed by atoms with E-state index in [1.165, 1.54) is 0 Å². The van der Waals surface area contributed by atoms with Gasteiger partial charge < -0.3 is 15.4 Å². The molecule has 0 radical (unpaired) electrons. The first kappa shape index (κ1) is 17.7. The number of nitrogens with one attached hydrogen (secondary N) is 2. The van der Waals surface area contributed by atoms with Crippen LogP contribution in [-0.4, -0.2) is 44.3 Å². The summed E-state index contributed by atoms with van der Waals surface area (Å²) in [5.41, 5.74) is 1.14. The van der Waals surface area contributed by atoms with E-state index in [2.05, 4.69) is 34.5 Å². The number of hydrogen-bond acceptors (Lipinski definition) is 3. The Labute approximate surface area is 132 Å². The van der Waals surface area contributed by atoms with Gasteiger partial charge in [0.1, 0.15) is 5.15 Å². The molecule has 0 atom stereocenters. The lowest BCUT2D eigenvalue weighted by atomic mass is 10.2. The van der Waals surface area contributed by atoms with E-state index < -0.39 is 0 Å². The number of hydrogen-bond donors (Lipinski definition) is 2. The summed E-state index contributed by atoms with van der Waals surface area (Å²) in [4.78, 5) is 8.22. The monoisotopic (exact) mass is 312 g/mol. The highest BCUT2D eigenvalue weighted by molar-refractivity contribution is 6.29. The molecule has 0 aliphatic rings. The Bertz CT molecular complexity index is 420. The Balaban J connectivity index is 2.15.